The van der Waals surface area contributed by atoms with Gasteiger partial charge >= 0.3 is 0 Å². The topological polar surface area (TPSA) is 81.6 Å². The number of aromatic hydroxyl groups is 2. The first kappa shape index (κ1) is 12.7. The second kappa shape index (κ2) is 5.73. The molecule has 1 aliphatic rings. The molecular weight excluding hydrogens is 232 g/mol. The number of amides is 1. The van der Waals surface area contributed by atoms with Gasteiger partial charge in [0.15, 0.2) is 0 Å². The number of carbonyl (C=O) groups is 1. The fourth-order valence-electron chi connectivity index (χ4n) is 2.18. The molecule has 1 aromatic carbocycles. The molecule has 0 radical (unpaired) electrons. The van der Waals surface area contributed by atoms with Crippen molar-refractivity contribution in [2.45, 2.75) is 12.8 Å². The van der Waals surface area contributed by atoms with Crippen LogP contribution in [0.5, 0.6) is 11.5 Å². The summed E-state index contributed by atoms with van der Waals surface area (Å²) in [4.78, 5) is 11.9. The van der Waals surface area contributed by atoms with E-state index in [9.17, 15) is 15.0 Å². The van der Waals surface area contributed by atoms with Crippen LogP contribution in [0.25, 0.3) is 0 Å². The zero-order chi connectivity index (χ0) is 13.0. The molecule has 1 aromatic rings. The largest absolute Gasteiger partial charge is 0.507 e. The minimum absolute atomic E-state index is 0.0544. The maximum atomic E-state index is 11.9. The van der Waals surface area contributed by atoms with Gasteiger partial charge in [0.05, 0.1) is 0 Å². The molecule has 1 atom stereocenters. The minimum atomic E-state index is -0.434. The fraction of sp³-hybridized carbons (Fsp3) is 0.462. The van der Waals surface area contributed by atoms with Crippen LogP contribution in [0.2, 0.25) is 0 Å². The summed E-state index contributed by atoms with van der Waals surface area (Å²) in [5.74, 6) is -0.421. The molecule has 1 saturated heterocycles. The lowest BCUT2D eigenvalue weighted by atomic mass is 9.99. The molecule has 1 heterocycles. The van der Waals surface area contributed by atoms with E-state index >= 15 is 0 Å². The Morgan fingerprint density at radius 3 is 2.72 bits per heavy atom. The van der Waals surface area contributed by atoms with E-state index in [0.29, 0.717) is 12.5 Å². The summed E-state index contributed by atoms with van der Waals surface area (Å²) >= 11 is 0. The van der Waals surface area contributed by atoms with E-state index in [-0.39, 0.29) is 17.1 Å². The average molecular weight is 250 g/mol. The zero-order valence-electron chi connectivity index (χ0n) is 10.1. The van der Waals surface area contributed by atoms with Crippen LogP contribution in [-0.2, 0) is 0 Å². The Bertz CT molecular complexity index is 408. The number of hydrogen-bond acceptors (Lipinski definition) is 4. The van der Waals surface area contributed by atoms with Gasteiger partial charge in [-0.1, -0.05) is 6.07 Å². The summed E-state index contributed by atoms with van der Waals surface area (Å²) in [6.45, 7) is 2.48. The van der Waals surface area contributed by atoms with E-state index < -0.39 is 5.91 Å². The SMILES string of the molecule is O=C(NCC1CCCNC1)c1c(O)cccc1O. The molecule has 0 aliphatic carbocycles. The molecule has 0 spiro atoms. The van der Waals surface area contributed by atoms with Crippen molar-refractivity contribution >= 4 is 5.91 Å². The number of rotatable bonds is 3. The molecule has 0 bridgehead atoms. The van der Waals surface area contributed by atoms with E-state index in [4.69, 9.17) is 0 Å². The van der Waals surface area contributed by atoms with Gasteiger partial charge in [-0.3, -0.25) is 4.79 Å². The fourth-order valence-corrected chi connectivity index (χ4v) is 2.18. The minimum Gasteiger partial charge on any atom is -0.507 e. The summed E-state index contributed by atoms with van der Waals surface area (Å²) < 4.78 is 0. The van der Waals surface area contributed by atoms with Crippen molar-refractivity contribution in [3.63, 3.8) is 0 Å². The van der Waals surface area contributed by atoms with Crippen LogP contribution in [0.3, 0.4) is 0 Å². The van der Waals surface area contributed by atoms with E-state index in [1.54, 1.807) is 0 Å². The highest BCUT2D eigenvalue weighted by Gasteiger charge is 2.18. The lowest BCUT2D eigenvalue weighted by molar-refractivity contribution is 0.0939. The normalized spacial score (nSPS) is 19.4. The van der Waals surface area contributed by atoms with Gasteiger partial charge in [-0.15, -0.1) is 0 Å². The van der Waals surface area contributed by atoms with Gasteiger partial charge in [0, 0.05) is 6.54 Å². The van der Waals surface area contributed by atoms with E-state index in [0.717, 1.165) is 25.9 Å². The number of benzene rings is 1. The van der Waals surface area contributed by atoms with Crippen LogP contribution in [0.1, 0.15) is 23.2 Å². The highest BCUT2D eigenvalue weighted by Crippen LogP contribution is 2.25. The lowest BCUT2D eigenvalue weighted by Crippen LogP contribution is -2.38. The first-order valence-electron chi connectivity index (χ1n) is 6.18. The Balaban J connectivity index is 1.95. The maximum Gasteiger partial charge on any atom is 0.258 e. The van der Waals surface area contributed by atoms with Gasteiger partial charge in [0.25, 0.3) is 5.91 Å². The third-order valence-corrected chi connectivity index (χ3v) is 3.20. The van der Waals surface area contributed by atoms with Gasteiger partial charge in [0.2, 0.25) is 0 Å². The van der Waals surface area contributed by atoms with Gasteiger partial charge in [-0.25, -0.2) is 0 Å². The van der Waals surface area contributed by atoms with E-state index in [1.807, 2.05) is 0 Å². The van der Waals surface area contributed by atoms with Crippen LogP contribution in [-0.4, -0.2) is 35.8 Å². The number of hydrogen-bond donors (Lipinski definition) is 4. The molecule has 0 saturated carbocycles. The van der Waals surface area contributed by atoms with Crippen LogP contribution < -0.4 is 10.6 Å². The average Bonchev–Trinajstić information content (AvgIpc) is 2.37. The van der Waals surface area contributed by atoms with Crippen molar-refractivity contribution in [2.75, 3.05) is 19.6 Å². The standard InChI is InChI=1S/C13H18N2O3/c16-10-4-1-5-11(17)12(10)13(18)15-8-9-3-2-6-14-7-9/h1,4-5,9,14,16-17H,2-3,6-8H2,(H,15,18). The molecule has 5 nitrogen and oxygen atoms in total. The van der Waals surface area contributed by atoms with Gasteiger partial charge < -0.3 is 20.8 Å². The van der Waals surface area contributed by atoms with Crippen molar-refractivity contribution in [2.24, 2.45) is 5.92 Å². The monoisotopic (exact) mass is 250 g/mol. The van der Waals surface area contributed by atoms with Crippen molar-refractivity contribution in [1.82, 2.24) is 10.6 Å². The van der Waals surface area contributed by atoms with Crippen LogP contribution >= 0.6 is 0 Å². The molecule has 2 rings (SSSR count). The Kier molecular flexibility index (Phi) is 4.04. The van der Waals surface area contributed by atoms with Gasteiger partial charge in [-0.05, 0) is 44.0 Å². The molecular formula is C13H18N2O3. The molecule has 1 aliphatic heterocycles. The van der Waals surface area contributed by atoms with Crippen molar-refractivity contribution in [1.29, 1.82) is 0 Å². The van der Waals surface area contributed by atoms with Crippen LogP contribution in [0.4, 0.5) is 0 Å². The first-order chi connectivity index (χ1) is 8.68. The first-order valence-corrected chi connectivity index (χ1v) is 6.18. The highest BCUT2D eigenvalue weighted by atomic mass is 16.3. The summed E-state index contributed by atoms with van der Waals surface area (Å²) in [5.41, 5.74) is -0.0544. The lowest BCUT2D eigenvalue weighted by Gasteiger charge is -2.23. The second-order valence-electron chi connectivity index (χ2n) is 4.59. The van der Waals surface area contributed by atoms with Crippen molar-refractivity contribution in [3.8, 4) is 11.5 Å². The number of carbonyl (C=O) groups excluding carboxylic acids is 1. The number of nitrogens with one attached hydrogen (secondary N) is 2. The molecule has 5 heteroatoms. The van der Waals surface area contributed by atoms with Crippen LogP contribution in [0.15, 0.2) is 18.2 Å². The third kappa shape index (κ3) is 2.92. The quantitative estimate of drug-likeness (QED) is 0.640. The summed E-state index contributed by atoms with van der Waals surface area (Å²) in [5, 5.41) is 25.2. The molecule has 0 aromatic heterocycles. The van der Waals surface area contributed by atoms with Gasteiger partial charge in [0.1, 0.15) is 17.1 Å². The Labute approximate surface area is 106 Å². The number of piperidine rings is 1. The van der Waals surface area contributed by atoms with Crippen molar-refractivity contribution in [3.05, 3.63) is 23.8 Å². The van der Waals surface area contributed by atoms with E-state index in [1.165, 1.54) is 18.2 Å². The molecule has 1 amide bonds. The Hall–Kier alpha value is -1.75. The molecule has 4 N–H and O–H groups in total. The second-order valence-corrected chi connectivity index (χ2v) is 4.59. The molecule has 1 unspecified atom stereocenters. The molecule has 98 valence electrons. The predicted octanol–water partition coefficient (Wildman–Crippen LogP) is 0.827. The summed E-state index contributed by atoms with van der Waals surface area (Å²) in [6.07, 6.45) is 2.20. The summed E-state index contributed by atoms with van der Waals surface area (Å²) in [7, 11) is 0. The smallest absolute Gasteiger partial charge is 0.258 e. The maximum absolute atomic E-state index is 11.9. The third-order valence-electron chi connectivity index (χ3n) is 3.20. The van der Waals surface area contributed by atoms with Gasteiger partial charge in [-0.2, -0.15) is 0 Å². The zero-order valence-corrected chi connectivity index (χ0v) is 10.1. The Morgan fingerprint density at radius 2 is 2.11 bits per heavy atom. The highest BCUT2D eigenvalue weighted by molar-refractivity contribution is 5.99. The number of phenols is 2. The van der Waals surface area contributed by atoms with Crippen molar-refractivity contribution < 1.29 is 15.0 Å². The number of phenolic OH excluding ortho intramolecular Hbond substituents is 2. The Morgan fingerprint density at radius 1 is 1.39 bits per heavy atom. The predicted molar refractivity (Wildman–Crippen MR) is 67.7 cm³/mol. The molecule has 18 heavy (non-hydrogen) atoms. The van der Waals surface area contributed by atoms with E-state index in [2.05, 4.69) is 10.6 Å². The summed E-state index contributed by atoms with van der Waals surface area (Å²) in [6, 6.07) is 4.26. The molecule has 1 fully saturated rings. The van der Waals surface area contributed by atoms with Crippen LogP contribution in [0, 0.1) is 5.92 Å².